The van der Waals surface area contributed by atoms with Crippen molar-refractivity contribution in [1.82, 2.24) is 0 Å². The molecule has 1 aliphatic rings. The molecule has 0 fully saturated rings. The van der Waals surface area contributed by atoms with Crippen LogP contribution in [0.15, 0.2) is 145 Å². The smallest absolute Gasteiger partial charge is 0.0998 e. The normalized spacial score (nSPS) is 14.6. The van der Waals surface area contributed by atoms with Crippen LogP contribution in [0.5, 0.6) is 0 Å². The Hall–Kier alpha value is -4.97. The van der Waals surface area contributed by atoms with Gasteiger partial charge in [0, 0.05) is 11.6 Å². The summed E-state index contributed by atoms with van der Waals surface area (Å²) >= 11 is 0. The molecule has 0 bridgehead atoms. The van der Waals surface area contributed by atoms with E-state index in [2.05, 4.69) is 112 Å². The van der Waals surface area contributed by atoms with Crippen molar-refractivity contribution in [2.24, 2.45) is 5.73 Å². The molecule has 2 N–H and O–H groups in total. The highest BCUT2D eigenvalue weighted by atomic mass is 14.6. The lowest BCUT2D eigenvalue weighted by Gasteiger charge is -2.20. The third-order valence-electron chi connectivity index (χ3n) is 8.79. The van der Waals surface area contributed by atoms with Gasteiger partial charge in [-0.15, -0.1) is 0 Å². The number of hydrogen-bond acceptors (Lipinski definition) is 2. The molecule has 5 rings (SSSR count). The average Bonchev–Trinajstić information content (AvgIpc) is 3.09. The monoisotopic (exact) mass is 586 g/mol. The maximum atomic E-state index is 9.85. The van der Waals surface area contributed by atoms with Crippen molar-refractivity contribution in [2.75, 3.05) is 0 Å². The van der Waals surface area contributed by atoms with Crippen LogP contribution in [0.2, 0.25) is 0 Å². The van der Waals surface area contributed by atoms with E-state index < -0.39 is 0 Å². The maximum Gasteiger partial charge on any atom is 0.0998 e. The zero-order valence-electron chi connectivity index (χ0n) is 26.7. The molecule has 1 unspecified atom stereocenters. The van der Waals surface area contributed by atoms with Gasteiger partial charge in [0.2, 0.25) is 0 Å². The highest BCUT2D eigenvalue weighted by Gasteiger charge is 2.18. The van der Waals surface area contributed by atoms with E-state index in [1.54, 1.807) is 0 Å². The van der Waals surface area contributed by atoms with Crippen molar-refractivity contribution >= 4 is 5.57 Å². The predicted octanol–water partition coefficient (Wildman–Crippen LogP) is 11.0. The fraction of sp³-hybridized carbons (Fsp3) is 0.186. The molecule has 2 heteroatoms. The molecular formula is C43H42N2. The molecule has 224 valence electrons. The predicted molar refractivity (Wildman–Crippen MR) is 191 cm³/mol. The van der Waals surface area contributed by atoms with E-state index in [9.17, 15) is 5.26 Å². The second kappa shape index (κ2) is 14.7. The number of nitriles is 1. The first-order valence-corrected chi connectivity index (χ1v) is 15.9. The second-order valence-electron chi connectivity index (χ2n) is 11.7. The molecule has 4 aromatic carbocycles. The topological polar surface area (TPSA) is 49.8 Å². The Bertz CT molecular complexity index is 1860. The van der Waals surface area contributed by atoms with E-state index >= 15 is 0 Å². The van der Waals surface area contributed by atoms with Gasteiger partial charge in [0.05, 0.1) is 11.6 Å². The van der Waals surface area contributed by atoms with Crippen molar-refractivity contribution in [3.05, 3.63) is 172 Å². The lowest BCUT2D eigenvalue weighted by molar-refractivity contribution is 0.736. The first-order valence-electron chi connectivity index (χ1n) is 15.9. The van der Waals surface area contributed by atoms with E-state index in [1.165, 1.54) is 39.0 Å². The van der Waals surface area contributed by atoms with E-state index in [4.69, 9.17) is 5.73 Å². The van der Waals surface area contributed by atoms with Crippen molar-refractivity contribution in [2.45, 2.75) is 52.5 Å². The number of allylic oxidation sites excluding steroid dienone is 8. The average molecular weight is 587 g/mol. The quantitative estimate of drug-likeness (QED) is 0.188. The number of aryl methyl sites for hydroxylation is 2. The molecule has 0 amide bonds. The Morgan fingerprint density at radius 1 is 0.889 bits per heavy atom. The van der Waals surface area contributed by atoms with Gasteiger partial charge in [-0.3, -0.25) is 0 Å². The number of benzene rings is 4. The Morgan fingerprint density at radius 2 is 1.64 bits per heavy atom. The second-order valence-corrected chi connectivity index (χ2v) is 11.7. The Labute approximate surface area is 269 Å². The summed E-state index contributed by atoms with van der Waals surface area (Å²) in [7, 11) is 0. The molecule has 45 heavy (non-hydrogen) atoms. The molecule has 0 saturated heterocycles. The zero-order chi connectivity index (χ0) is 31.8. The number of rotatable bonds is 10. The van der Waals surface area contributed by atoms with Gasteiger partial charge in [-0.05, 0) is 100 Å². The van der Waals surface area contributed by atoms with E-state index in [0.717, 1.165) is 53.5 Å². The van der Waals surface area contributed by atoms with Gasteiger partial charge in [0.25, 0.3) is 0 Å². The van der Waals surface area contributed by atoms with E-state index in [0.29, 0.717) is 5.56 Å². The van der Waals surface area contributed by atoms with Crippen LogP contribution in [0.3, 0.4) is 0 Å². The van der Waals surface area contributed by atoms with Crippen LogP contribution >= 0.6 is 0 Å². The number of hydrogen-bond donors (Lipinski definition) is 1. The molecule has 0 aliphatic heterocycles. The number of nitrogens with zero attached hydrogens (tertiary/aromatic N) is 1. The molecule has 0 saturated carbocycles. The fourth-order valence-electron chi connectivity index (χ4n) is 6.15. The summed E-state index contributed by atoms with van der Waals surface area (Å²) in [6, 6.07) is 33.5. The van der Waals surface area contributed by atoms with Crippen molar-refractivity contribution < 1.29 is 0 Å². The Morgan fingerprint density at radius 3 is 2.40 bits per heavy atom. The van der Waals surface area contributed by atoms with Crippen molar-refractivity contribution in [3.63, 3.8) is 0 Å². The Balaban J connectivity index is 1.38. The summed E-state index contributed by atoms with van der Waals surface area (Å²) < 4.78 is 0. The summed E-state index contributed by atoms with van der Waals surface area (Å²) in [6.07, 6.45) is 14.7. The van der Waals surface area contributed by atoms with Crippen LogP contribution in [0, 0.1) is 18.3 Å². The zero-order valence-corrected chi connectivity index (χ0v) is 26.7. The van der Waals surface area contributed by atoms with Crippen LogP contribution < -0.4 is 5.73 Å². The third-order valence-corrected chi connectivity index (χ3v) is 8.79. The molecule has 0 heterocycles. The third kappa shape index (κ3) is 7.23. The molecule has 0 radical (unpaired) electrons. The summed E-state index contributed by atoms with van der Waals surface area (Å²) in [5, 5.41) is 9.85. The van der Waals surface area contributed by atoms with Gasteiger partial charge >= 0.3 is 0 Å². The molecule has 0 aromatic heterocycles. The molecule has 1 atom stereocenters. The van der Waals surface area contributed by atoms with Gasteiger partial charge in [-0.25, -0.2) is 0 Å². The minimum Gasteiger partial charge on any atom is -0.324 e. The minimum absolute atomic E-state index is 0.126. The summed E-state index contributed by atoms with van der Waals surface area (Å²) in [5.41, 5.74) is 21.7. The number of nitrogens with two attached hydrogens (primary N) is 1. The highest BCUT2D eigenvalue weighted by Crippen LogP contribution is 2.39. The standard InChI is InChI=1S/C43H42N2/c1-5-33-24-25-37(28-41(33)43-31(4)13-12-18-40(43)39-17-11-10-16-38(39)29-44)42(45)26-21-32-20-23-36(34(6-2)27-32)22-19-30(3)35-14-8-7-9-15-35/h7-25,28,42H,3,5-6,26-27,45H2,1-2,4H3/b22-19-,32-21-. The minimum atomic E-state index is -0.126. The summed E-state index contributed by atoms with van der Waals surface area (Å²) in [6.45, 7) is 10.8. The van der Waals surface area contributed by atoms with Crippen LogP contribution in [-0.2, 0) is 6.42 Å². The first kappa shape index (κ1) is 31.5. The van der Waals surface area contributed by atoms with Crippen LogP contribution in [-0.4, -0.2) is 0 Å². The lowest BCUT2D eigenvalue weighted by atomic mass is 9.85. The Kier molecular flexibility index (Phi) is 10.3. The fourth-order valence-corrected chi connectivity index (χ4v) is 6.15. The van der Waals surface area contributed by atoms with Crippen LogP contribution in [0.25, 0.3) is 27.8 Å². The summed E-state index contributed by atoms with van der Waals surface area (Å²) in [5.74, 6) is 0. The van der Waals surface area contributed by atoms with E-state index in [1.807, 2.05) is 42.5 Å². The van der Waals surface area contributed by atoms with Gasteiger partial charge in [-0.1, -0.05) is 135 Å². The van der Waals surface area contributed by atoms with Gasteiger partial charge in [0.1, 0.15) is 0 Å². The maximum absolute atomic E-state index is 9.85. The molecule has 1 aliphatic carbocycles. The van der Waals surface area contributed by atoms with Crippen LogP contribution in [0.1, 0.15) is 67.0 Å². The summed E-state index contributed by atoms with van der Waals surface area (Å²) in [4.78, 5) is 0. The largest absolute Gasteiger partial charge is 0.324 e. The van der Waals surface area contributed by atoms with Crippen molar-refractivity contribution in [1.29, 1.82) is 5.26 Å². The van der Waals surface area contributed by atoms with E-state index in [-0.39, 0.29) is 6.04 Å². The lowest BCUT2D eigenvalue weighted by Crippen LogP contribution is -2.10. The van der Waals surface area contributed by atoms with Crippen LogP contribution in [0.4, 0.5) is 0 Å². The SMILES string of the molecule is C=C(/C=C\C1=C(CC)C/C(=C\CC(N)c2ccc(CC)c(-c3c(C)cccc3-c3ccccc3C#N)c2)C=C1)c1ccccc1. The van der Waals surface area contributed by atoms with Gasteiger partial charge in [-0.2, -0.15) is 5.26 Å². The molecule has 0 spiro atoms. The van der Waals surface area contributed by atoms with Gasteiger partial charge in [0.15, 0.2) is 0 Å². The molecule has 2 nitrogen and oxygen atoms in total. The highest BCUT2D eigenvalue weighted by molar-refractivity contribution is 5.89. The first-order chi connectivity index (χ1) is 21.9. The molecular weight excluding hydrogens is 544 g/mol. The molecule has 4 aromatic rings. The van der Waals surface area contributed by atoms with Gasteiger partial charge < -0.3 is 5.73 Å². The van der Waals surface area contributed by atoms with Crippen molar-refractivity contribution in [3.8, 4) is 28.3 Å².